The molecule has 334 valence electrons. The van der Waals surface area contributed by atoms with Crippen LogP contribution in [0, 0.1) is 0 Å². The summed E-state index contributed by atoms with van der Waals surface area (Å²) in [7, 11) is 0. The van der Waals surface area contributed by atoms with E-state index in [1.807, 2.05) is 0 Å². The van der Waals surface area contributed by atoms with Gasteiger partial charge in [-0.3, -0.25) is 4.79 Å². The number of hydrogen-bond acceptors (Lipinski definition) is 10. The van der Waals surface area contributed by atoms with Gasteiger partial charge in [-0.1, -0.05) is 200 Å². The maximum atomic E-state index is 13.1. The molecule has 9 atom stereocenters. The second kappa shape index (κ2) is 36.0. The van der Waals surface area contributed by atoms with Crippen LogP contribution in [-0.2, 0) is 14.3 Å². The molecule has 0 saturated carbocycles. The second-order valence-electron chi connectivity index (χ2n) is 16.8. The number of ether oxygens (including phenoxy) is 2. The minimum Gasteiger partial charge on any atom is -0.394 e. The lowest BCUT2D eigenvalue weighted by molar-refractivity contribution is -0.303. The molecule has 8 N–H and O–H groups in total. The summed E-state index contributed by atoms with van der Waals surface area (Å²) in [6.07, 6.45) is 24.4. The summed E-state index contributed by atoms with van der Waals surface area (Å²) in [5, 5.41) is 75.6. The zero-order valence-electron chi connectivity index (χ0n) is 35.9. The van der Waals surface area contributed by atoms with E-state index in [4.69, 9.17) is 9.47 Å². The van der Waals surface area contributed by atoms with E-state index in [9.17, 15) is 40.5 Å². The predicted octanol–water partition coefficient (Wildman–Crippen LogP) is 7.50. The fourth-order valence-corrected chi connectivity index (χ4v) is 7.74. The van der Waals surface area contributed by atoms with Crippen molar-refractivity contribution in [2.45, 2.75) is 268 Å². The van der Waals surface area contributed by atoms with E-state index < -0.39 is 74.2 Å². The maximum Gasteiger partial charge on any atom is 0.249 e. The molecular formula is C45H89NO10. The number of aliphatic hydroxyl groups excluding tert-OH is 7. The number of rotatable bonds is 39. The first-order chi connectivity index (χ1) is 27.2. The first-order valence-electron chi connectivity index (χ1n) is 23.4. The van der Waals surface area contributed by atoms with Gasteiger partial charge in [-0.25, -0.2) is 0 Å². The largest absolute Gasteiger partial charge is 0.394 e. The van der Waals surface area contributed by atoms with Gasteiger partial charge in [0.25, 0.3) is 0 Å². The highest BCUT2D eigenvalue weighted by Gasteiger charge is 2.44. The minimum absolute atomic E-state index is 0.266. The molecule has 1 saturated heterocycles. The Hall–Kier alpha value is -0.890. The quantitative estimate of drug-likeness (QED) is 0.0289. The van der Waals surface area contributed by atoms with Crippen LogP contribution < -0.4 is 5.32 Å². The van der Waals surface area contributed by atoms with Crippen molar-refractivity contribution in [2.75, 3.05) is 13.2 Å². The van der Waals surface area contributed by atoms with Crippen LogP contribution in [0.15, 0.2) is 0 Å². The van der Waals surface area contributed by atoms with Gasteiger partial charge in [-0.15, -0.1) is 0 Å². The van der Waals surface area contributed by atoms with Gasteiger partial charge >= 0.3 is 0 Å². The van der Waals surface area contributed by atoms with Crippen molar-refractivity contribution in [1.29, 1.82) is 0 Å². The SMILES string of the molecule is CCCCCCCCCCCCCCCCCCCCC(O)C(=O)NC(COC1OC(CO)C(O)C(O)C1O)C(O)C(O)CCCCCCCCCCCCC. The summed E-state index contributed by atoms with van der Waals surface area (Å²) >= 11 is 0. The summed E-state index contributed by atoms with van der Waals surface area (Å²) in [5.74, 6) is -0.694. The van der Waals surface area contributed by atoms with Crippen LogP contribution in [-0.4, -0.2) is 110 Å². The lowest BCUT2D eigenvalue weighted by Crippen LogP contribution is -2.60. The molecule has 0 aromatic carbocycles. The van der Waals surface area contributed by atoms with E-state index in [2.05, 4.69) is 19.2 Å². The average molecular weight is 804 g/mol. The Morgan fingerprint density at radius 2 is 0.929 bits per heavy atom. The average Bonchev–Trinajstić information content (AvgIpc) is 3.20. The van der Waals surface area contributed by atoms with Gasteiger partial charge in [-0.2, -0.15) is 0 Å². The van der Waals surface area contributed by atoms with E-state index in [-0.39, 0.29) is 6.42 Å². The monoisotopic (exact) mass is 804 g/mol. The highest BCUT2D eigenvalue weighted by molar-refractivity contribution is 5.80. The molecule has 0 bridgehead atoms. The minimum atomic E-state index is -1.65. The van der Waals surface area contributed by atoms with Crippen LogP contribution in [0.4, 0.5) is 0 Å². The molecule has 56 heavy (non-hydrogen) atoms. The van der Waals surface area contributed by atoms with Gasteiger partial charge in [0.2, 0.25) is 5.91 Å². The van der Waals surface area contributed by atoms with Gasteiger partial charge in [0.15, 0.2) is 6.29 Å². The number of aliphatic hydroxyl groups is 7. The Morgan fingerprint density at radius 1 is 0.554 bits per heavy atom. The Balaban J connectivity index is 2.41. The lowest BCUT2D eigenvalue weighted by Gasteiger charge is -2.40. The van der Waals surface area contributed by atoms with Crippen molar-refractivity contribution < 1.29 is 50.0 Å². The van der Waals surface area contributed by atoms with Gasteiger partial charge < -0.3 is 50.5 Å². The number of unbranched alkanes of at least 4 members (excludes halogenated alkanes) is 27. The van der Waals surface area contributed by atoms with E-state index in [1.165, 1.54) is 135 Å². The molecule has 0 spiro atoms. The highest BCUT2D eigenvalue weighted by atomic mass is 16.7. The molecule has 9 unspecified atom stereocenters. The number of carbonyl (C=O) groups excluding carboxylic acids is 1. The Bertz CT molecular complexity index is 882. The van der Waals surface area contributed by atoms with E-state index >= 15 is 0 Å². The molecule has 1 rings (SSSR count). The first-order valence-corrected chi connectivity index (χ1v) is 23.4. The summed E-state index contributed by atoms with van der Waals surface area (Å²) in [6.45, 7) is 3.44. The van der Waals surface area contributed by atoms with Crippen LogP contribution in [0.25, 0.3) is 0 Å². The molecule has 0 aromatic rings. The van der Waals surface area contributed by atoms with Gasteiger partial charge in [0.1, 0.15) is 36.6 Å². The molecule has 0 aromatic heterocycles. The molecule has 1 heterocycles. The summed E-state index contributed by atoms with van der Waals surface area (Å²) < 4.78 is 11.1. The van der Waals surface area contributed by atoms with Gasteiger partial charge in [0.05, 0.1) is 25.4 Å². The molecule has 0 aliphatic carbocycles. The summed E-state index contributed by atoms with van der Waals surface area (Å²) in [4.78, 5) is 13.1. The molecule has 1 amide bonds. The van der Waals surface area contributed by atoms with Crippen molar-refractivity contribution in [2.24, 2.45) is 0 Å². The van der Waals surface area contributed by atoms with Crippen molar-refractivity contribution >= 4 is 5.91 Å². The van der Waals surface area contributed by atoms with Crippen LogP contribution in [0.3, 0.4) is 0 Å². The molecule has 11 nitrogen and oxygen atoms in total. The van der Waals surface area contributed by atoms with Crippen molar-refractivity contribution in [3.63, 3.8) is 0 Å². The maximum absolute atomic E-state index is 13.1. The predicted molar refractivity (Wildman–Crippen MR) is 224 cm³/mol. The summed E-state index contributed by atoms with van der Waals surface area (Å²) in [5.41, 5.74) is 0. The standard InChI is InChI=1S/C45H89NO10/c1-3-5-7-9-11-13-15-16-17-18-19-20-21-23-25-27-29-31-33-38(49)44(54)46-36(35-55-45-43(53)42(52)41(51)39(34-47)56-45)40(50)37(48)32-30-28-26-24-22-14-12-10-8-6-4-2/h36-43,45,47-53H,3-35H2,1-2H3,(H,46,54). The van der Waals surface area contributed by atoms with Crippen molar-refractivity contribution in [1.82, 2.24) is 5.32 Å². The Morgan fingerprint density at radius 3 is 1.32 bits per heavy atom. The van der Waals surface area contributed by atoms with Crippen LogP contribution in [0.5, 0.6) is 0 Å². The second-order valence-corrected chi connectivity index (χ2v) is 16.8. The summed E-state index contributed by atoms with van der Waals surface area (Å²) in [6, 6.07) is -1.16. The van der Waals surface area contributed by atoms with Crippen molar-refractivity contribution in [3.05, 3.63) is 0 Å². The third-order valence-electron chi connectivity index (χ3n) is 11.7. The van der Waals surface area contributed by atoms with Crippen LogP contribution in [0.2, 0.25) is 0 Å². The highest BCUT2D eigenvalue weighted by Crippen LogP contribution is 2.23. The molecule has 0 radical (unpaired) electrons. The van der Waals surface area contributed by atoms with Crippen molar-refractivity contribution in [3.8, 4) is 0 Å². The fourth-order valence-electron chi connectivity index (χ4n) is 7.74. The van der Waals surface area contributed by atoms with E-state index in [0.29, 0.717) is 19.3 Å². The van der Waals surface area contributed by atoms with Crippen LogP contribution in [0.1, 0.15) is 213 Å². The third-order valence-corrected chi connectivity index (χ3v) is 11.7. The van der Waals surface area contributed by atoms with Gasteiger partial charge in [-0.05, 0) is 12.8 Å². The zero-order chi connectivity index (χ0) is 41.2. The molecular weight excluding hydrogens is 714 g/mol. The molecule has 1 aliphatic rings. The van der Waals surface area contributed by atoms with E-state index in [0.717, 1.165) is 38.5 Å². The molecule has 11 heteroatoms. The number of carbonyl (C=O) groups is 1. The number of amides is 1. The van der Waals surface area contributed by atoms with Crippen LogP contribution >= 0.6 is 0 Å². The lowest BCUT2D eigenvalue weighted by atomic mass is 9.98. The smallest absolute Gasteiger partial charge is 0.249 e. The van der Waals surface area contributed by atoms with E-state index in [1.54, 1.807) is 0 Å². The zero-order valence-corrected chi connectivity index (χ0v) is 35.9. The Labute approximate surface area is 341 Å². The number of nitrogens with one attached hydrogen (secondary N) is 1. The third kappa shape index (κ3) is 25.6. The first kappa shape index (κ1) is 53.1. The molecule has 1 fully saturated rings. The fraction of sp³-hybridized carbons (Fsp3) is 0.978. The topological polar surface area (TPSA) is 189 Å². The normalized spacial score (nSPS) is 22.2. The number of hydrogen-bond donors (Lipinski definition) is 8. The Kier molecular flexibility index (Phi) is 34.2. The van der Waals surface area contributed by atoms with Gasteiger partial charge in [0, 0.05) is 0 Å². The molecule has 1 aliphatic heterocycles.